The Morgan fingerprint density at radius 2 is 2.24 bits per heavy atom. The molecular weight excluding hydrogens is 344 g/mol. The molecule has 2 N–H and O–H groups in total. The zero-order valence-corrected chi connectivity index (χ0v) is 13.4. The first-order valence-corrected chi connectivity index (χ1v) is 8.10. The van der Waals surface area contributed by atoms with Gasteiger partial charge in [0.25, 0.3) is 5.89 Å². The van der Waals surface area contributed by atoms with E-state index < -0.39 is 5.97 Å². The van der Waals surface area contributed by atoms with Gasteiger partial charge in [-0.25, -0.2) is 4.79 Å². The molecule has 0 bridgehead atoms. The molecule has 8 nitrogen and oxygen atoms in total. The third kappa shape index (κ3) is 2.81. The molecule has 0 radical (unpaired) electrons. The Kier molecular flexibility index (Phi) is 3.62. The van der Waals surface area contributed by atoms with E-state index in [9.17, 15) is 14.7 Å². The van der Waals surface area contributed by atoms with Crippen molar-refractivity contribution in [2.45, 2.75) is 6.42 Å². The van der Waals surface area contributed by atoms with Crippen molar-refractivity contribution >= 4 is 28.2 Å². The largest absolute Gasteiger partial charge is 0.477 e. The smallest absolute Gasteiger partial charge is 0.348 e. The fourth-order valence-electron chi connectivity index (χ4n) is 2.51. The van der Waals surface area contributed by atoms with E-state index in [0.717, 1.165) is 11.3 Å². The Bertz CT molecular complexity index is 1130. The molecule has 0 saturated carbocycles. The number of carboxylic acid groups (broad SMARTS) is 1. The van der Waals surface area contributed by atoms with Crippen LogP contribution in [0.4, 0.5) is 0 Å². The molecule has 4 heterocycles. The van der Waals surface area contributed by atoms with Gasteiger partial charge >= 0.3 is 5.97 Å². The van der Waals surface area contributed by atoms with Crippen molar-refractivity contribution in [3.8, 4) is 11.6 Å². The van der Waals surface area contributed by atoms with E-state index in [0.29, 0.717) is 28.0 Å². The molecule has 4 aromatic heterocycles. The van der Waals surface area contributed by atoms with E-state index >= 15 is 0 Å². The molecule has 4 aromatic rings. The summed E-state index contributed by atoms with van der Waals surface area (Å²) < 4.78 is 5.21. The summed E-state index contributed by atoms with van der Waals surface area (Å²) in [5, 5.41) is 15.5. The van der Waals surface area contributed by atoms with Crippen LogP contribution in [-0.2, 0) is 6.42 Å². The molecule has 0 atom stereocenters. The summed E-state index contributed by atoms with van der Waals surface area (Å²) in [6, 6.07) is 6.76. The first-order valence-electron chi connectivity index (χ1n) is 7.22. The van der Waals surface area contributed by atoms with Gasteiger partial charge in [-0.05, 0) is 17.7 Å². The summed E-state index contributed by atoms with van der Waals surface area (Å²) in [5.41, 5.74) is 1.13. The van der Waals surface area contributed by atoms with Gasteiger partial charge in [0, 0.05) is 29.5 Å². The van der Waals surface area contributed by atoms with Crippen LogP contribution >= 0.6 is 11.3 Å². The Labute approximate surface area is 143 Å². The van der Waals surface area contributed by atoms with Crippen LogP contribution in [0.3, 0.4) is 0 Å². The second-order valence-electron chi connectivity index (χ2n) is 5.22. The number of aromatic amines is 1. The minimum Gasteiger partial charge on any atom is -0.477 e. The molecule has 0 aromatic carbocycles. The van der Waals surface area contributed by atoms with E-state index in [1.807, 2.05) is 6.07 Å². The maximum atomic E-state index is 11.9. The monoisotopic (exact) mass is 354 g/mol. The molecule has 0 spiro atoms. The fraction of sp³-hybridized carbons (Fsp3) is 0.0625. The van der Waals surface area contributed by atoms with Gasteiger partial charge in [0.2, 0.25) is 5.56 Å². The van der Waals surface area contributed by atoms with Gasteiger partial charge in [0.05, 0.1) is 5.52 Å². The van der Waals surface area contributed by atoms with Crippen LogP contribution in [0.2, 0.25) is 0 Å². The van der Waals surface area contributed by atoms with E-state index in [-0.39, 0.29) is 22.7 Å². The normalized spacial score (nSPS) is 11.0. The Hall–Kier alpha value is -3.33. The van der Waals surface area contributed by atoms with Crippen LogP contribution in [-0.4, -0.2) is 31.2 Å². The number of aromatic nitrogens is 4. The van der Waals surface area contributed by atoms with Crippen LogP contribution in [0.15, 0.2) is 45.2 Å². The maximum Gasteiger partial charge on any atom is 0.348 e. The van der Waals surface area contributed by atoms with Crippen molar-refractivity contribution in [3.63, 3.8) is 0 Å². The summed E-state index contributed by atoms with van der Waals surface area (Å²) in [7, 11) is 0. The molecule has 0 saturated heterocycles. The summed E-state index contributed by atoms with van der Waals surface area (Å²) in [6.07, 6.45) is 1.87. The van der Waals surface area contributed by atoms with Gasteiger partial charge < -0.3 is 14.6 Å². The van der Waals surface area contributed by atoms with E-state index in [1.165, 1.54) is 6.07 Å². The predicted octanol–water partition coefficient (Wildman–Crippen LogP) is 2.32. The number of pyridine rings is 2. The number of nitrogens with zero attached hydrogens (tertiary/aromatic N) is 3. The van der Waals surface area contributed by atoms with Crippen molar-refractivity contribution in [1.29, 1.82) is 0 Å². The lowest BCUT2D eigenvalue weighted by atomic mass is 10.1. The molecule has 0 fully saturated rings. The zero-order valence-electron chi connectivity index (χ0n) is 12.6. The summed E-state index contributed by atoms with van der Waals surface area (Å²) in [5.74, 6) is -0.409. The SMILES string of the molecule is O=C(O)c1scc2c(Cc3noc(-c4ccccn4)n3)cc(=O)[nH]c12. The predicted molar refractivity (Wildman–Crippen MR) is 89.7 cm³/mol. The number of aromatic carboxylic acids is 1. The van der Waals surface area contributed by atoms with Gasteiger partial charge in [-0.1, -0.05) is 11.2 Å². The van der Waals surface area contributed by atoms with Crippen molar-refractivity contribution in [2.75, 3.05) is 0 Å². The number of hydrogen-bond donors (Lipinski definition) is 2. The number of carboxylic acids is 1. The number of H-pyrrole nitrogens is 1. The molecule has 124 valence electrons. The second kappa shape index (κ2) is 5.95. The minimum absolute atomic E-state index is 0.0937. The lowest BCUT2D eigenvalue weighted by molar-refractivity contribution is 0.0704. The molecule has 0 unspecified atom stereocenters. The zero-order chi connectivity index (χ0) is 17.4. The highest BCUT2D eigenvalue weighted by Crippen LogP contribution is 2.27. The molecular formula is C16H10N4O4S. The molecule has 0 aliphatic rings. The number of carbonyl (C=O) groups is 1. The fourth-order valence-corrected chi connectivity index (χ4v) is 3.39. The summed E-state index contributed by atoms with van der Waals surface area (Å²) in [6.45, 7) is 0. The molecule has 0 aliphatic carbocycles. The number of hydrogen-bond acceptors (Lipinski definition) is 7. The quantitative estimate of drug-likeness (QED) is 0.576. The Balaban J connectivity index is 1.73. The number of thiophene rings is 1. The standard InChI is InChI=1S/C16H10N4O4S/c21-12-6-8(9-7-25-14(16(22)23)13(9)19-12)5-11-18-15(24-20-11)10-3-1-2-4-17-10/h1-4,6-7H,5H2,(H,19,21)(H,22,23). The van der Waals surface area contributed by atoms with Crippen molar-refractivity contribution < 1.29 is 14.4 Å². The molecule has 25 heavy (non-hydrogen) atoms. The molecule has 0 amide bonds. The van der Waals surface area contributed by atoms with Gasteiger partial charge in [0.15, 0.2) is 5.82 Å². The number of nitrogens with one attached hydrogen (secondary N) is 1. The molecule has 9 heteroatoms. The van der Waals surface area contributed by atoms with E-state index in [1.54, 1.807) is 23.7 Å². The molecule has 0 aliphatic heterocycles. The second-order valence-corrected chi connectivity index (χ2v) is 6.10. The summed E-state index contributed by atoms with van der Waals surface area (Å²) >= 11 is 1.06. The van der Waals surface area contributed by atoms with Gasteiger partial charge in [-0.15, -0.1) is 11.3 Å². The van der Waals surface area contributed by atoms with Gasteiger partial charge in [-0.3, -0.25) is 9.78 Å². The van der Waals surface area contributed by atoms with Crippen LogP contribution in [0, 0.1) is 0 Å². The van der Waals surface area contributed by atoms with Crippen molar-refractivity contribution in [3.05, 3.63) is 62.5 Å². The lowest BCUT2D eigenvalue weighted by Gasteiger charge is -2.00. The first-order chi connectivity index (χ1) is 12.1. The lowest BCUT2D eigenvalue weighted by Crippen LogP contribution is -2.08. The highest BCUT2D eigenvalue weighted by molar-refractivity contribution is 7.13. The van der Waals surface area contributed by atoms with E-state index in [2.05, 4.69) is 20.1 Å². The van der Waals surface area contributed by atoms with E-state index in [4.69, 9.17) is 4.52 Å². The van der Waals surface area contributed by atoms with Gasteiger partial charge in [0.1, 0.15) is 10.6 Å². The topological polar surface area (TPSA) is 122 Å². The van der Waals surface area contributed by atoms with Crippen molar-refractivity contribution in [2.24, 2.45) is 0 Å². The Morgan fingerprint density at radius 1 is 1.36 bits per heavy atom. The van der Waals surface area contributed by atoms with Crippen LogP contribution in [0.25, 0.3) is 22.5 Å². The third-order valence-corrected chi connectivity index (χ3v) is 4.55. The number of rotatable bonds is 4. The van der Waals surface area contributed by atoms with Gasteiger partial charge in [-0.2, -0.15) is 4.98 Å². The van der Waals surface area contributed by atoms with Crippen LogP contribution in [0.5, 0.6) is 0 Å². The average Bonchev–Trinajstić information content (AvgIpc) is 3.22. The first kappa shape index (κ1) is 15.2. The van der Waals surface area contributed by atoms with Crippen LogP contribution < -0.4 is 5.56 Å². The Morgan fingerprint density at radius 3 is 3.00 bits per heavy atom. The third-order valence-electron chi connectivity index (χ3n) is 3.59. The highest BCUT2D eigenvalue weighted by Gasteiger charge is 2.17. The minimum atomic E-state index is -1.08. The summed E-state index contributed by atoms with van der Waals surface area (Å²) in [4.78, 5) is 34.2. The maximum absolute atomic E-state index is 11.9. The average molecular weight is 354 g/mol. The van der Waals surface area contributed by atoms with Crippen LogP contribution in [0.1, 0.15) is 21.1 Å². The molecule has 4 rings (SSSR count). The van der Waals surface area contributed by atoms with Crippen molar-refractivity contribution in [1.82, 2.24) is 20.1 Å². The highest BCUT2D eigenvalue weighted by atomic mass is 32.1. The number of fused-ring (bicyclic) bond motifs is 1.